The van der Waals surface area contributed by atoms with Gasteiger partial charge in [0, 0.05) is 50.6 Å². The maximum atomic E-state index is 12.5. The van der Waals surface area contributed by atoms with Crippen LogP contribution in [0.2, 0.25) is 0 Å². The quantitative estimate of drug-likeness (QED) is 0.511. The van der Waals surface area contributed by atoms with E-state index in [4.69, 9.17) is 19.2 Å². The first-order valence-electron chi connectivity index (χ1n) is 13.3. The molecule has 2 amide bonds. The molecule has 11 nitrogen and oxygen atoms in total. The van der Waals surface area contributed by atoms with E-state index in [0.29, 0.717) is 56.5 Å². The molecule has 5 rings (SSSR count). The molecule has 11 heteroatoms. The minimum Gasteiger partial charge on any atom is -0.495 e. The summed E-state index contributed by atoms with van der Waals surface area (Å²) in [5.74, 6) is 1.32. The number of rotatable bonds is 6. The van der Waals surface area contributed by atoms with Crippen molar-refractivity contribution in [1.29, 1.82) is 0 Å². The topological polar surface area (TPSA) is 111 Å². The fourth-order valence-corrected chi connectivity index (χ4v) is 4.91. The SMILES string of the molecule is COc1cc(-c2cn3nccc3c(OC(C)C3CNC(=O)C3)n2)ccc1N1CCN(C(=O)OC(C)(C)C)CC1. The number of nitrogens with zero attached hydrogens (tertiary/aromatic N) is 5. The molecule has 39 heavy (non-hydrogen) atoms. The van der Waals surface area contributed by atoms with E-state index in [1.165, 1.54) is 0 Å². The summed E-state index contributed by atoms with van der Waals surface area (Å²) >= 11 is 0. The fourth-order valence-electron chi connectivity index (χ4n) is 4.91. The van der Waals surface area contributed by atoms with Crippen LogP contribution in [0.4, 0.5) is 10.5 Å². The lowest BCUT2D eigenvalue weighted by Gasteiger charge is -2.37. The van der Waals surface area contributed by atoms with Crippen molar-refractivity contribution in [3.8, 4) is 22.9 Å². The summed E-state index contributed by atoms with van der Waals surface area (Å²) in [5.41, 5.74) is 2.74. The third-order valence-corrected chi connectivity index (χ3v) is 7.07. The number of hydrogen-bond donors (Lipinski definition) is 1. The number of fused-ring (bicyclic) bond motifs is 1. The summed E-state index contributed by atoms with van der Waals surface area (Å²) in [4.78, 5) is 32.9. The van der Waals surface area contributed by atoms with Crippen molar-refractivity contribution >= 4 is 23.2 Å². The largest absolute Gasteiger partial charge is 0.495 e. The van der Waals surface area contributed by atoms with Crippen LogP contribution in [0, 0.1) is 5.92 Å². The number of anilines is 1. The fraction of sp³-hybridized carbons (Fsp3) is 0.500. The molecule has 2 unspecified atom stereocenters. The number of hydrogen-bond acceptors (Lipinski definition) is 8. The molecule has 1 aromatic carbocycles. The highest BCUT2D eigenvalue weighted by molar-refractivity contribution is 5.78. The van der Waals surface area contributed by atoms with Crippen molar-refractivity contribution in [3.05, 3.63) is 36.7 Å². The molecule has 2 atom stereocenters. The highest BCUT2D eigenvalue weighted by Gasteiger charge is 2.29. The van der Waals surface area contributed by atoms with Crippen molar-refractivity contribution in [2.24, 2.45) is 5.92 Å². The molecule has 3 aromatic rings. The first kappa shape index (κ1) is 26.6. The van der Waals surface area contributed by atoms with E-state index in [1.807, 2.05) is 58.2 Å². The van der Waals surface area contributed by atoms with E-state index in [2.05, 4.69) is 15.3 Å². The van der Waals surface area contributed by atoms with Gasteiger partial charge in [0.2, 0.25) is 11.8 Å². The molecule has 1 N–H and O–H groups in total. The molecule has 2 aliphatic rings. The van der Waals surface area contributed by atoms with Gasteiger partial charge in [0.05, 0.1) is 30.9 Å². The van der Waals surface area contributed by atoms with Crippen LogP contribution < -0.4 is 19.7 Å². The Labute approximate surface area is 228 Å². The average Bonchev–Trinajstić information content (AvgIpc) is 3.56. The monoisotopic (exact) mass is 536 g/mol. The van der Waals surface area contributed by atoms with Crippen LogP contribution in [0.1, 0.15) is 34.1 Å². The minimum absolute atomic E-state index is 0.0464. The predicted octanol–water partition coefficient (Wildman–Crippen LogP) is 3.37. The molecule has 208 valence electrons. The highest BCUT2D eigenvalue weighted by Crippen LogP contribution is 2.35. The van der Waals surface area contributed by atoms with Crippen LogP contribution in [-0.4, -0.2) is 83.0 Å². The number of carbonyl (C=O) groups excluding carboxylic acids is 2. The number of methoxy groups -OCH3 is 1. The molecular weight excluding hydrogens is 500 g/mol. The Balaban J connectivity index is 1.34. The number of nitrogens with one attached hydrogen (secondary N) is 1. The zero-order valence-electron chi connectivity index (χ0n) is 23.1. The van der Waals surface area contributed by atoms with Gasteiger partial charge in [0.25, 0.3) is 0 Å². The van der Waals surface area contributed by atoms with Crippen LogP contribution in [-0.2, 0) is 9.53 Å². The number of ether oxygens (including phenoxy) is 3. The lowest BCUT2D eigenvalue weighted by molar-refractivity contribution is -0.119. The lowest BCUT2D eigenvalue weighted by Crippen LogP contribution is -2.50. The van der Waals surface area contributed by atoms with Crippen LogP contribution in [0.25, 0.3) is 16.8 Å². The Bertz CT molecular complexity index is 1360. The van der Waals surface area contributed by atoms with Gasteiger partial charge in [-0.15, -0.1) is 0 Å². The van der Waals surface area contributed by atoms with Gasteiger partial charge in [0.15, 0.2) is 0 Å². The molecule has 0 aliphatic carbocycles. The van der Waals surface area contributed by atoms with Crippen LogP contribution >= 0.6 is 0 Å². The minimum atomic E-state index is -0.518. The van der Waals surface area contributed by atoms with Gasteiger partial charge in [0.1, 0.15) is 23.0 Å². The van der Waals surface area contributed by atoms with E-state index >= 15 is 0 Å². The van der Waals surface area contributed by atoms with Gasteiger partial charge in [-0.25, -0.2) is 14.3 Å². The first-order valence-corrected chi connectivity index (χ1v) is 13.3. The Morgan fingerprint density at radius 3 is 2.59 bits per heavy atom. The lowest BCUT2D eigenvalue weighted by atomic mass is 10.0. The second kappa shape index (κ2) is 10.6. The van der Waals surface area contributed by atoms with Gasteiger partial charge in [-0.1, -0.05) is 6.07 Å². The number of carbonyl (C=O) groups is 2. The van der Waals surface area contributed by atoms with E-state index in [-0.39, 0.29) is 24.0 Å². The number of amides is 2. The van der Waals surface area contributed by atoms with E-state index in [0.717, 1.165) is 16.8 Å². The maximum absolute atomic E-state index is 12.5. The molecule has 0 spiro atoms. The summed E-state index contributed by atoms with van der Waals surface area (Å²) in [5, 5.41) is 7.27. The molecule has 2 aliphatic heterocycles. The second-order valence-electron chi connectivity index (χ2n) is 11.0. The maximum Gasteiger partial charge on any atom is 0.410 e. The number of aromatic nitrogens is 3. The van der Waals surface area contributed by atoms with Gasteiger partial charge < -0.3 is 29.3 Å². The molecule has 2 aromatic heterocycles. The smallest absolute Gasteiger partial charge is 0.410 e. The Kier molecular flexibility index (Phi) is 7.24. The van der Waals surface area contributed by atoms with Crippen molar-refractivity contribution in [2.45, 2.75) is 45.8 Å². The van der Waals surface area contributed by atoms with Crippen LogP contribution in [0.3, 0.4) is 0 Å². The third-order valence-electron chi connectivity index (χ3n) is 7.07. The van der Waals surface area contributed by atoms with Gasteiger partial charge in [-0.05, 0) is 45.9 Å². The second-order valence-corrected chi connectivity index (χ2v) is 11.0. The zero-order valence-corrected chi connectivity index (χ0v) is 23.1. The zero-order chi connectivity index (χ0) is 27.7. The van der Waals surface area contributed by atoms with Gasteiger partial charge in [-0.3, -0.25) is 4.79 Å². The summed E-state index contributed by atoms with van der Waals surface area (Å²) in [6.45, 7) is 10.7. The molecule has 0 radical (unpaired) electrons. The molecule has 2 saturated heterocycles. The van der Waals surface area contributed by atoms with Gasteiger partial charge >= 0.3 is 6.09 Å². The first-order chi connectivity index (χ1) is 18.6. The van der Waals surface area contributed by atoms with Gasteiger partial charge in [-0.2, -0.15) is 5.10 Å². The Morgan fingerprint density at radius 2 is 1.92 bits per heavy atom. The summed E-state index contributed by atoms with van der Waals surface area (Å²) < 4.78 is 19.3. The highest BCUT2D eigenvalue weighted by atomic mass is 16.6. The molecular formula is C28H36N6O5. The van der Waals surface area contributed by atoms with Crippen molar-refractivity contribution < 1.29 is 23.8 Å². The number of piperazine rings is 1. The van der Waals surface area contributed by atoms with E-state index in [1.54, 1.807) is 22.7 Å². The molecule has 2 fully saturated rings. The van der Waals surface area contributed by atoms with E-state index < -0.39 is 5.60 Å². The summed E-state index contributed by atoms with van der Waals surface area (Å²) in [7, 11) is 1.65. The Morgan fingerprint density at radius 1 is 1.15 bits per heavy atom. The third kappa shape index (κ3) is 5.86. The van der Waals surface area contributed by atoms with Crippen LogP contribution in [0.5, 0.6) is 11.6 Å². The summed E-state index contributed by atoms with van der Waals surface area (Å²) in [6, 6.07) is 7.84. The van der Waals surface area contributed by atoms with Crippen LogP contribution in [0.15, 0.2) is 36.7 Å². The van der Waals surface area contributed by atoms with Crippen molar-refractivity contribution in [2.75, 3.05) is 44.7 Å². The normalized spacial score (nSPS) is 18.7. The van der Waals surface area contributed by atoms with E-state index in [9.17, 15) is 9.59 Å². The summed E-state index contributed by atoms with van der Waals surface area (Å²) in [6.07, 6.45) is 3.54. The average molecular weight is 537 g/mol. The number of benzene rings is 1. The predicted molar refractivity (Wildman–Crippen MR) is 146 cm³/mol. The van der Waals surface area contributed by atoms with Crippen molar-refractivity contribution in [3.63, 3.8) is 0 Å². The Hall–Kier alpha value is -4.02. The van der Waals surface area contributed by atoms with Crippen molar-refractivity contribution in [1.82, 2.24) is 24.8 Å². The molecule has 4 heterocycles. The molecule has 0 bridgehead atoms. The molecule has 0 saturated carbocycles. The standard InChI is InChI=1S/C28H36N6O5/c1-18(20-15-25(35)29-16-20)38-26-23-8-9-30-34(23)17-21(31-26)19-6-7-22(24(14-19)37-5)32-10-12-33(13-11-32)27(36)39-28(2,3)4/h6-9,14,17-18,20H,10-13,15-16H2,1-5H3,(H,29,35).